The molecule has 0 aliphatic heterocycles. The van der Waals surface area contributed by atoms with Crippen molar-refractivity contribution in [3.63, 3.8) is 0 Å². The topological polar surface area (TPSA) is 38.0 Å². The van der Waals surface area contributed by atoms with Crippen LogP contribution in [0.25, 0.3) is 0 Å². The number of nitrogens with one attached hydrogen (secondary N) is 1. The summed E-state index contributed by atoms with van der Waals surface area (Å²) in [5, 5.41) is 3.37. The fraction of sp³-hybridized carbons (Fsp3) is 1.00. The summed E-state index contributed by atoms with van der Waals surface area (Å²) in [6.07, 6.45) is 1.24. The molecule has 3 N–H and O–H groups in total. The van der Waals surface area contributed by atoms with Gasteiger partial charge in [0.1, 0.15) is 0 Å². The molecule has 0 saturated carbocycles. The molecule has 0 aromatic rings. The molecular formula is C10H24N2. The minimum atomic E-state index is 0.303. The van der Waals surface area contributed by atoms with Gasteiger partial charge in [0, 0.05) is 12.6 Å². The van der Waals surface area contributed by atoms with Gasteiger partial charge in [-0.05, 0) is 24.8 Å². The summed E-state index contributed by atoms with van der Waals surface area (Å²) in [4.78, 5) is 0. The predicted octanol–water partition coefficient (Wildman–Crippen LogP) is 1.61. The van der Waals surface area contributed by atoms with Crippen molar-refractivity contribution in [2.45, 2.75) is 40.2 Å². The van der Waals surface area contributed by atoms with E-state index in [9.17, 15) is 0 Å². The lowest BCUT2D eigenvalue weighted by Gasteiger charge is -2.16. The molecule has 2 nitrogen and oxygen atoms in total. The summed E-state index contributed by atoms with van der Waals surface area (Å²) in [5.74, 6) is 1.37. The summed E-state index contributed by atoms with van der Waals surface area (Å²) < 4.78 is 0. The van der Waals surface area contributed by atoms with Crippen LogP contribution in [0.2, 0.25) is 0 Å². The minimum absolute atomic E-state index is 0.303. The highest BCUT2D eigenvalue weighted by molar-refractivity contribution is 4.67. The summed E-state index contributed by atoms with van der Waals surface area (Å²) in [6, 6.07) is 0.303. The third-order valence-electron chi connectivity index (χ3n) is 2.13. The lowest BCUT2D eigenvalue weighted by Crippen LogP contribution is -2.38. The molecular weight excluding hydrogens is 148 g/mol. The summed E-state index contributed by atoms with van der Waals surface area (Å²) in [6.45, 7) is 10.8. The van der Waals surface area contributed by atoms with Crippen LogP contribution in [0.3, 0.4) is 0 Å². The van der Waals surface area contributed by atoms with Gasteiger partial charge in [0.15, 0.2) is 0 Å². The number of nitrogens with two attached hydrogens (primary N) is 1. The molecule has 0 fully saturated rings. The van der Waals surface area contributed by atoms with E-state index in [0.29, 0.717) is 12.0 Å². The molecule has 0 heterocycles. The zero-order valence-electron chi connectivity index (χ0n) is 8.93. The smallest absolute Gasteiger partial charge is 0.0188 e. The molecule has 0 aromatic heterocycles. The van der Waals surface area contributed by atoms with E-state index in [1.54, 1.807) is 0 Å². The molecule has 0 aliphatic carbocycles. The SMILES string of the molecule is CC(C)CCNCC(N)C(C)C. The first-order chi connectivity index (χ1) is 5.54. The van der Waals surface area contributed by atoms with Gasteiger partial charge in [-0.3, -0.25) is 0 Å². The van der Waals surface area contributed by atoms with Crippen LogP contribution in [-0.4, -0.2) is 19.1 Å². The van der Waals surface area contributed by atoms with Crippen LogP contribution in [0.15, 0.2) is 0 Å². The largest absolute Gasteiger partial charge is 0.326 e. The highest BCUT2D eigenvalue weighted by Gasteiger charge is 2.05. The highest BCUT2D eigenvalue weighted by atomic mass is 14.9. The zero-order valence-corrected chi connectivity index (χ0v) is 8.93. The molecule has 0 aromatic carbocycles. The van der Waals surface area contributed by atoms with Crippen molar-refractivity contribution in [1.82, 2.24) is 5.32 Å². The van der Waals surface area contributed by atoms with Crippen molar-refractivity contribution in [1.29, 1.82) is 0 Å². The number of hydrogen-bond donors (Lipinski definition) is 2. The van der Waals surface area contributed by atoms with Crippen molar-refractivity contribution in [3.05, 3.63) is 0 Å². The van der Waals surface area contributed by atoms with Gasteiger partial charge in [0.2, 0.25) is 0 Å². The van der Waals surface area contributed by atoms with Crippen LogP contribution in [-0.2, 0) is 0 Å². The lowest BCUT2D eigenvalue weighted by atomic mass is 10.1. The average Bonchev–Trinajstić information content (AvgIpc) is 1.97. The molecule has 1 atom stereocenters. The minimum Gasteiger partial charge on any atom is -0.326 e. The lowest BCUT2D eigenvalue weighted by molar-refractivity contribution is 0.444. The first-order valence-electron chi connectivity index (χ1n) is 5.00. The van der Waals surface area contributed by atoms with Crippen molar-refractivity contribution < 1.29 is 0 Å². The maximum atomic E-state index is 5.87. The Hall–Kier alpha value is -0.0800. The Balaban J connectivity index is 3.20. The van der Waals surface area contributed by atoms with Crippen molar-refractivity contribution >= 4 is 0 Å². The van der Waals surface area contributed by atoms with Gasteiger partial charge < -0.3 is 11.1 Å². The Bertz CT molecular complexity index is 100. The molecule has 0 amide bonds. The van der Waals surface area contributed by atoms with Crippen LogP contribution >= 0.6 is 0 Å². The van der Waals surface area contributed by atoms with Gasteiger partial charge >= 0.3 is 0 Å². The normalized spacial score (nSPS) is 14.2. The summed E-state index contributed by atoms with van der Waals surface area (Å²) in [7, 11) is 0. The van der Waals surface area contributed by atoms with E-state index in [4.69, 9.17) is 5.73 Å². The van der Waals surface area contributed by atoms with E-state index >= 15 is 0 Å². The second-order valence-corrected chi connectivity index (χ2v) is 4.29. The van der Waals surface area contributed by atoms with Gasteiger partial charge in [-0.15, -0.1) is 0 Å². The molecule has 2 heteroatoms. The van der Waals surface area contributed by atoms with E-state index in [1.807, 2.05) is 0 Å². The molecule has 0 spiro atoms. The van der Waals surface area contributed by atoms with Gasteiger partial charge in [0.05, 0.1) is 0 Å². The quantitative estimate of drug-likeness (QED) is 0.597. The molecule has 0 aliphatic rings. The average molecular weight is 172 g/mol. The van der Waals surface area contributed by atoms with Crippen LogP contribution in [0.4, 0.5) is 0 Å². The Labute approximate surface area is 76.9 Å². The first-order valence-corrected chi connectivity index (χ1v) is 5.00. The summed E-state index contributed by atoms with van der Waals surface area (Å²) in [5.41, 5.74) is 5.87. The maximum absolute atomic E-state index is 5.87. The third kappa shape index (κ3) is 6.62. The van der Waals surface area contributed by atoms with E-state index in [0.717, 1.165) is 19.0 Å². The van der Waals surface area contributed by atoms with Gasteiger partial charge in [-0.1, -0.05) is 27.7 Å². The highest BCUT2D eigenvalue weighted by Crippen LogP contribution is 1.98. The fourth-order valence-electron chi connectivity index (χ4n) is 0.895. The van der Waals surface area contributed by atoms with Crippen molar-refractivity contribution in [2.24, 2.45) is 17.6 Å². The van der Waals surface area contributed by atoms with Gasteiger partial charge in [0.25, 0.3) is 0 Å². The third-order valence-corrected chi connectivity index (χ3v) is 2.13. The molecule has 74 valence electrons. The Kier molecular flexibility index (Phi) is 6.39. The Morgan fingerprint density at radius 3 is 2.17 bits per heavy atom. The first kappa shape index (κ1) is 11.9. The Morgan fingerprint density at radius 2 is 1.75 bits per heavy atom. The molecule has 0 saturated heterocycles. The molecule has 0 radical (unpaired) electrons. The van der Waals surface area contributed by atoms with E-state index in [1.165, 1.54) is 6.42 Å². The maximum Gasteiger partial charge on any atom is 0.0188 e. The molecule has 0 rings (SSSR count). The number of rotatable bonds is 6. The second-order valence-electron chi connectivity index (χ2n) is 4.29. The van der Waals surface area contributed by atoms with Gasteiger partial charge in [-0.25, -0.2) is 0 Å². The van der Waals surface area contributed by atoms with Crippen LogP contribution in [0.5, 0.6) is 0 Å². The van der Waals surface area contributed by atoms with Crippen molar-refractivity contribution in [2.75, 3.05) is 13.1 Å². The van der Waals surface area contributed by atoms with Crippen molar-refractivity contribution in [3.8, 4) is 0 Å². The predicted molar refractivity (Wildman–Crippen MR) is 55.1 cm³/mol. The molecule has 12 heavy (non-hydrogen) atoms. The van der Waals surface area contributed by atoms with Crippen LogP contribution in [0, 0.1) is 11.8 Å². The summed E-state index contributed by atoms with van der Waals surface area (Å²) >= 11 is 0. The second kappa shape index (κ2) is 6.44. The Morgan fingerprint density at radius 1 is 1.17 bits per heavy atom. The standard InChI is InChI=1S/C10H24N2/c1-8(2)5-6-12-7-10(11)9(3)4/h8-10,12H,5-7,11H2,1-4H3. The van der Waals surface area contributed by atoms with Crippen LogP contribution < -0.4 is 11.1 Å². The van der Waals surface area contributed by atoms with Gasteiger partial charge in [-0.2, -0.15) is 0 Å². The zero-order chi connectivity index (χ0) is 9.56. The monoisotopic (exact) mass is 172 g/mol. The van der Waals surface area contributed by atoms with E-state index in [-0.39, 0.29) is 0 Å². The number of hydrogen-bond acceptors (Lipinski definition) is 2. The van der Waals surface area contributed by atoms with Crippen LogP contribution in [0.1, 0.15) is 34.1 Å². The fourth-order valence-corrected chi connectivity index (χ4v) is 0.895. The molecule has 0 bridgehead atoms. The van der Waals surface area contributed by atoms with E-state index < -0.39 is 0 Å². The van der Waals surface area contributed by atoms with E-state index in [2.05, 4.69) is 33.0 Å². The molecule has 1 unspecified atom stereocenters.